The predicted octanol–water partition coefficient (Wildman–Crippen LogP) is 5.76. The van der Waals surface area contributed by atoms with Gasteiger partial charge in [-0.15, -0.1) is 0 Å². The maximum atomic E-state index is 13.1. The smallest absolute Gasteiger partial charge is 0.416 e. The van der Waals surface area contributed by atoms with Crippen molar-refractivity contribution in [3.63, 3.8) is 0 Å². The Morgan fingerprint density at radius 2 is 1.78 bits per heavy atom. The number of urea groups is 1. The third-order valence-corrected chi connectivity index (χ3v) is 4.92. The maximum Gasteiger partial charge on any atom is 0.416 e. The minimum Gasteiger partial charge on any atom is -0.490 e. The van der Waals surface area contributed by atoms with Crippen molar-refractivity contribution in [3.05, 3.63) is 48.0 Å². The number of fused-ring (bicyclic) bond motifs is 1. The van der Waals surface area contributed by atoms with Gasteiger partial charge in [0.15, 0.2) is 0 Å². The van der Waals surface area contributed by atoms with Crippen LogP contribution in [0.4, 0.5) is 35.0 Å². The van der Waals surface area contributed by atoms with E-state index >= 15 is 0 Å². The van der Waals surface area contributed by atoms with Crippen LogP contribution >= 0.6 is 0 Å². The molecular formula is C23H26F3N3O3. The molecule has 0 saturated heterocycles. The summed E-state index contributed by atoms with van der Waals surface area (Å²) in [6.07, 6.45) is -4.51. The van der Waals surface area contributed by atoms with Crippen LogP contribution in [-0.4, -0.2) is 25.1 Å². The number of nitrogens with zero attached hydrogens (tertiary/aromatic N) is 1. The maximum absolute atomic E-state index is 13.1. The number of ether oxygens (including phenoxy) is 1. The lowest BCUT2D eigenvalue weighted by Crippen LogP contribution is -2.43. The van der Waals surface area contributed by atoms with E-state index in [2.05, 4.69) is 10.6 Å². The van der Waals surface area contributed by atoms with Gasteiger partial charge in [0, 0.05) is 17.9 Å². The van der Waals surface area contributed by atoms with E-state index in [4.69, 9.17) is 4.74 Å². The Kier molecular flexibility index (Phi) is 6.39. The molecule has 3 rings (SSSR count). The largest absolute Gasteiger partial charge is 0.490 e. The Labute approximate surface area is 184 Å². The fourth-order valence-corrected chi connectivity index (χ4v) is 3.34. The average molecular weight is 449 g/mol. The summed E-state index contributed by atoms with van der Waals surface area (Å²) in [5.74, 6) is 0.630. The molecule has 0 aromatic heterocycles. The van der Waals surface area contributed by atoms with E-state index in [1.54, 1.807) is 23.1 Å². The number of amides is 3. The van der Waals surface area contributed by atoms with Gasteiger partial charge < -0.3 is 20.3 Å². The van der Waals surface area contributed by atoms with Crippen molar-refractivity contribution in [1.82, 2.24) is 0 Å². The zero-order chi connectivity index (χ0) is 23.7. The lowest BCUT2D eigenvalue weighted by Gasteiger charge is -2.29. The summed E-state index contributed by atoms with van der Waals surface area (Å²) in [6.45, 7) is 8.31. The molecule has 1 heterocycles. The van der Waals surface area contributed by atoms with Gasteiger partial charge in [0.05, 0.1) is 16.7 Å². The molecule has 2 N–H and O–H groups in total. The van der Waals surface area contributed by atoms with Crippen molar-refractivity contribution in [3.8, 4) is 5.75 Å². The van der Waals surface area contributed by atoms with Gasteiger partial charge in [0.25, 0.3) is 0 Å². The summed E-state index contributed by atoms with van der Waals surface area (Å²) in [7, 11) is 0. The number of carbonyl (C=O) groups is 2. The zero-order valence-electron chi connectivity index (χ0n) is 18.3. The molecular weight excluding hydrogens is 423 g/mol. The zero-order valence-corrected chi connectivity index (χ0v) is 18.3. The summed E-state index contributed by atoms with van der Waals surface area (Å²) >= 11 is 0. The number of halogens is 3. The molecule has 0 bridgehead atoms. The van der Waals surface area contributed by atoms with Gasteiger partial charge in [0.1, 0.15) is 12.4 Å². The number of benzene rings is 2. The standard InChI is InChI=1S/C23H26F3N3O3/c1-14(2)12-29-18-11-17(8-9-19(18)32-13-22(3,4)20(29)30)28-21(31)27-16-7-5-6-15(10-16)23(24,25)26/h5-11,14H,12-13H2,1-4H3,(H2,27,28,31). The highest BCUT2D eigenvalue weighted by atomic mass is 19.4. The van der Waals surface area contributed by atoms with Crippen molar-refractivity contribution in [2.75, 3.05) is 28.7 Å². The Morgan fingerprint density at radius 1 is 1.12 bits per heavy atom. The van der Waals surface area contributed by atoms with Crippen LogP contribution in [0.15, 0.2) is 42.5 Å². The highest BCUT2D eigenvalue weighted by molar-refractivity contribution is 6.02. The minimum atomic E-state index is -4.51. The fraction of sp³-hybridized carbons (Fsp3) is 0.391. The van der Waals surface area contributed by atoms with Crippen LogP contribution in [0.2, 0.25) is 0 Å². The van der Waals surface area contributed by atoms with Crippen molar-refractivity contribution in [1.29, 1.82) is 0 Å². The van der Waals surface area contributed by atoms with E-state index in [1.165, 1.54) is 12.1 Å². The van der Waals surface area contributed by atoms with Crippen LogP contribution in [0.25, 0.3) is 0 Å². The Balaban J connectivity index is 1.82. The van der Waals surface area contributed by atoms with E-state index in [0.717, 1.165) is 12.1 Å². The highest BCUT2D eigenvalue weighted by Crippen LogP contribution is 2.38. The second-order valence-electron chi connectivity index (χ2n) is 8.82. The van der Waals surface area contributed by atoms with E-state index in [9.17, 15) is 22.8 Å². The quantitative estimate of drug-likeness (QED) is 0.624. The molecule has 3 amide bonds. The van der Waals surface area contributed by atoms with Gasteiger partial charge >= 0.3 is 12.2 Å². The molecule has 0 spiro atoms. The van der Waals surface area contributed by atoms with Crippen LogP contribution < -0.4 is 20.3 Å². The van der Waals surface area contributed by atoms with Gasteiger partial charge in [0.2, 0.25) is 5.91 Å². The van der Waals surface area contributed by atoms with E-state index in [-0.39, 0.29) is 24.1 Å². The SMILES string of the molecule is CC(C)CN1C(=O)C(C)(C)COc2ccc(NC(=O)Nc3cccc(C(F)(F)F)c3)cc21. The van der Waals surface area contributed by atoms with E-state index in [0.29, 0.717) is 23.7 Å². The van der Waals surface area contributed by atoms with Crippen LogP contribution in [0, 0.1) is 11.3 Å². The molecule has 1 aliphatic rings. The Hall–Kier alpha value is -3.23. The first-order valence-corrected chi connectivity index (χ1v) is 10.2. The summed E-state index contributed by atoms with van der Waals surface area (Å²) in [5, 5.41) is 5.00. The van der Waals surface area contributed by atoms with Gasteiger partial charge in [-0.2, -0.15) is 13.2 Å². The molecule has 32 heavy (non-hydrogen) atoms. The van der Waals surface area contributed by atoms with Crippen molar-refractivity contribution < 1.29 is 27.5 Å². The molecule has 172 valence electrons. The number of hydrogen-bond acceptors (Lipinski definition) is 3. The number of rotatable bonds is 4. The first kappa shape index (κ1) is 23.4. The molecule has 2 aromatic carbocycles. The molecule has 0 aliphatic carbocycles. The number of alkyl halides is 3. The fourth-order valence-electron chi connectivity index (χ4n) is 3.34. The molecule has 0 saturated carbocycles. The molecule has 0 unspecified atom stereocenters. The second kappa shape index (κ2) is 8.72. The molecule has 9 heteroatoms. The van der Waals surface area contributed by atoms with Gasteiger partial charge in [-0.3, -0.25) is 4.79 Å². The topological polar surface area (TPSA) is 70.7 Å². The number of hydrogen-bond donors (Lipinski definition) is 2. The molecule has 2 aromatic rings. The third-order valence-electron chi connectivity index (χ3n) is 4.92. The summed E-state index contributed by atoms with van der Waals surface area (Å²) in [4.78, 5) is 27.2. The van der Waals surface area contributed by atoms with Crippen LogP contribution in [0.5, 0.6) is 5.75 Å². The van der Waals surface area contributed by atoms with Crippen molar-refractivity contribution in [2.45, 2.75) is 33.9 Å². The second-order valence-corrected chi connectivity index (χ2v) is 8.82. The van der Waals surface area contributed by atoms with E-state index in [1.807, 2.05) is 27.7 Å². The van der Waals surface area contributed by atoms with Crippen LogP contribution in [0.1, 0.15) is 33.3 Å². The minimum absolute atomic E-state index is 0.00813. The summed E-state index contributed by atoms with van der Waals surface area (Å²) < 4.78 is 44.5. The normalized spacial score (nSPS) is 15.6. The highest BCUT2D eigenvalue weighted by Gasteiger charge is 2.38. The number of carbonyl (C=O) groups excluding carboxylic acids is 2. The lowest BCUT2D eigenvalue weighted by atomic mass is 9.92. The number of anilines is 3. The third kappa shape index (κ3) is 5.33. The van der Waals surface area contributed by atoms with Crippen LogP contribution in [-0.2, 0) is 11.0 Å². The molecule has 1 aliphatic heterocycles. The Morgan fingerprint density at radius 3 is 2.41 bits per heavy atom. The van der Waals surface area contributed by atoms with Crippen molar-refractivity contribution >= 4 is 29.0 Å². The molecule has 0 radical (unpaired) electrons. The first-order chi connectivity index (χ1) is 14.9. The van der Waals surface area contributed by atoms with E-state index < -0.39 is 23.2 Å². The van der Waals surface area contributed by atoms with Crippen molar-refractivity contribution in [2.24, 2.45) is 11.3 Å². The summed E-state index contributed by atoms with van der Waals surface area (Å²) in [6, 6.07) is 8.56. The monoisotopic (exact) mass is 449 g/mol. The molecule has 0 fully saturated rings. The van der Waals surface area contributed by atoms with Gasteiger partial charge in [-0.1, -0.05) is 19.9 Å². The molecule has 6 nitrogen and oxygen atoms in total. The van der Waals surface area contributed by atoms with Gasteiger partial charge in [-0.05, 0) is 56.2 Å². The summed E-state index contributed by atoms with van der Waals surface area (Å²) in [5.41, 5.74) is -0.663. The Bertz CT molecular complexity index is 1020. The van der Waals surface area contributed by atoms with Gasteiger partial charge in [-0.25, -0.2) is 4.79 Å². The van der Waals surface area contributed by atoms with Crippen LogP contribution in [0.3, 0.4) is 0 Å². The molecule has 0 atom stereocenters. The lowest BCUT2D eigenvalue weighted by molar-refractivity contribution is -0.137. The predicted molar refractivity (Wildman–Crippen MR) is 117 cm³/mol. The average Bonchev–Trinajstić information content (AvgIpc) is 2.77. The number of nitrogens with one attached hydrogen (secondary N) is 2. The first-order valence-electron chi connectivity index (χ1n) is 10.2.